The molecule has 3 nitrogen and oxygen atoms in total. The van der Waals surface area contributed by atoms with Crippen LogP contribution in [0.15, 0.2) is 24.3 Å². The van der Waals surface area contributed by atoms with Crippen LogP contribution in [-0.2, 0) is 21.1 Å². The molecule has 1 aromatic carbocycles. The third-order valence-electron chi connectivity index (χ3n) is 3.39. The maximum absolute atomic E-state index is 11.2. The van der Waals surface area contributed by atoms with Crippen LogP contribution in [0, 0.1) is 0 Å². The van der Waals surface area contributed by atoms with Crippen LogP contribution in [0.5, 0.6) is 0 Å². The fourth-order valence-corrected chi connectivity index (χ4v) is 3.21. The van der Waals surface area contributed by atoms with Crippen molar-refractivity contribution in [1.82, 2.24) is 5.32 Å². The molecule has 17 heavy (non-hydrogen) atoms. The van der Waals surface area contributed by atoms with Gasteiger partial charge in [-0.1, -0.05) is 24.3 Å². The van der Waals surface area contributed by atoms with Crippen LogP contribution in [0.1, 0.15) is 30.9 Å². The van der Waals surface area contributed by atoms with E-state index in [1.807, 2.05) is 24.3 Å². The summed E-state index contributed by atoms with van der Waals surface area (Å²) in [5.74, 6) is 0.122. The van der Waals surface area contributed by atoms with Crippen molar-refractivity contribution < 1.29 is 8.42 Å². The number of hydrogen-bond acceptors (Lipinski definition) is 3. The van der Waals surface area contributed by atoms with E-state index < -0.39 is 9.84 Å². The van der Waals surface area contributed by atoms with E-state index in [9.17, 15) is 8.42 Å². The van der Waals surface area contributed by atoms with Crippen LogP contribution in [0.25, 0.3) is 0 Å². The fourth-order valence-electron chi connectivity index (χ4n) is 2.41. The van der Waals surface area contributed by atoms with E-state index in [0.29, 0.717) is 0 Å². The average molecular weight is 253 g/mol. The number of sulfone groups is 1. The first-order valence-corrected chi connectivity index (χ1v) is 7.97. The maximum atomic E-state index is 11.2. The summed E-state index contributed by atoms with van der Waals surface area (Å²) in [5.41, 5.74) is 2.16. The lowest BCUT2D eigenvalue weighted by Gasteiger charge is -2.25. The van der Waals surface area contributed by atoms with Crippen molar-refractivity contribution in [3.8, 4) is 0 Å². The van der Waals surface area contributed by atoms with Gasteiger partial charge in [-0.3, -0.25) is 0 Å². The minimum absolute atomic E-state index is 0.0591. The Hall–Kier alpha value is -0.870. The van der Waals surface area contributed by atoms with Gasteiger partial charge in [0.25, 0.3) is 0 Å². The molecule has 0 aliphatic carbocycles. The van der Waals surface area contributed by atoms with E-state index in [-0.39, 0.29) is 11.3 Å². The summed E-state index contributed by atoms with van der Waals surface area (Å²) in [6.45, 7) is 3.26. The largest absolute Gasteiger partial charge is 0.308 e. The molecular weight excluding hydrogens is 234 g/mol. The van der Waals surface area contributed by atoms with E-state index in [0.717, 1.165) is 18.5 Å². The SMILES string of the molecule is CC1(c2ccc(CS(C)(=O)=O)cc2)CCCN1. The van der Waals surface area contributed by atoms with Crippen molar-refractivity contribution in [2.24, 2.45) is 0 Å². The number of hydrogen-bond donors (Lipinski definition) is 1. The molecule has 1 heterocycles. The topological polar surface area (TPSA) is 46.2 Å². The monoisotopic (exact) mass is 253 g/mol. The first-order chi connectivity index (χ1) is 7.89. The summed E-state index contributed by atoms with van der Waals surface area (Å²) in [6, 6.07) is 7.92. The van der Waals surface area contributed by atoms with Gasteiger partial charge in [-0.05, 0) is 37.4 Å². The van der Waals surface area contributed by atoms with E-state index in [1.165, 1.54) is 18.2 Å². The van der Waals surface area contributed by atoms with Gasteiger partial charge in [0.1, 0.15) is 0 Å². The molecule has 1 fully saturated rings. The van der Waals surface area contributed by atoms with E-state index >= 15 is 0 Å². The Morgan fingerprint density at radius 2 is 1.94 bits per heavy atom. The van der Waals surface area contributed by atoms with Gasteiger partial charge >= 0.3 is 0 Å². The van der Waals surface area contributed by atoms with Crippen molar-refractivity contribution in [3.63, 3.8) is 0 Å². The molecule has 1 saturated heterocycles. The lowest BCUT2D eigenvalue weighted by Crippen LogP contribution is -2.32. The highest BCUT2D eigenvalue weighted by Crippen LogP contribution is 2.30. The summed E-state index contributed by atoms with van der Waals surface area (Å²) < 4.78 is 22.4. The highest BCUT2D eigenvalue weighted by Gasteiger charge is 2.29. The van der Waals surface area contributed by atoms with Crippen molar-refractivity contribution in [3.05, 3.63) is 35.4 Å². The van der Waals surface area contributed by atoms with E-state index in [4.69, 9.17) is 0 Å². The summed E-state index contributed by atoms with van der Waals surface area (Å²) in [4.78, 5) is 0. The van der Waals surface area contributed by atoms with Crippen molar-refractivity contribution >= 4 is 9.84 Å². The molecule has 0 aromatic heterocycles. The fraction of sp³-hybridized carbons (Fsp3) is 0.538. The molecule has 1 aliphatic heterocycles. The molecule has 1 aromatic rings. The summed E-state index contributed by atoms with van der Waals surface area (Å²) in [5, 5.41) is 3.50. The van der Waals surface area contributed by atoms with Gasteiger partial charge in [-0.2, -0.15) is 0 Å². The van der Waals surface area contributed by atoms with Gasteiger partial charge in [-0.25, -0.2) is 8.42 Å². The highest BCUT2D eigenvalue weighted by molar-refractivity contribution is 7.89. The molecule has 1 N–H and O–H groups in total. The van der Waals surface area contributed by atoms with Gasteiger partial charge in [-0.15, -0.1) is 0 Å². The maximum Gasteiger partial charge on any atom is 0.151 e. The molecule has 0 radical (unpaired) electrons. The first kappa shape index (κ1) is 12.6. The van der Waals surface area contributed by atoms with Crippen molar-refractivity contribution in [2.45, 2.75) is 31.1 Å². The molecule has 1 atom stereocenters. The lowest BCUT2D eigenvalue weighted by atomic mass is 9.90. The molecule has 0 bridgehead atoms. The highest BCUT2D eigenvalue weighted by atomic mass is 32.2. The van der Waals surface area contributed by atoms with Crippen LogP contribution < -0.4 is 5.32 Å². The molecule has 4 heteroatoms. The standard InChI is InChI=1S/C13H19NO2S/c1-13(8-3-9-14-13)12-6-4-11(5-7-12)10-17(2,15)16/h4-7,14H,3,8-10H2,1-2H3. The number of benzene rings is 1. The minimum Gasteiger partial charge on any atom is -0.308 e. The minimum atomic E-state index is -2.94. The van der Waals surface area contributed by atoms with E-state index in [1.54, 1.807) is 0 Å². The second kappa shape index (κ2) is 4.42. The Labute approximate surface area is 103 Å². The Kier molecular flexibility index (Phi) is 3.27. The molecule has 0 spiro atoms. The molecule has 2 rings (SSSR count). The van der Waals surface area contributed by atoms with Gasteiger partial charge in [0.05, 0.1) is 5.75 Å². The van der Waals surface area contributed by atoms with Crippen LogP contribution >= 0.6 is 0 Å². The van der Waals surface area contributed by atoms with Crippen LogP contribution in [-0.4, -0.2) is 21.2 Å². The Morgan fingerprint density at radius 3 is 2.41 bits per heavy atom. The summed E-state index contributed by atoms with van der Waals surface area (Å²) in [6.07, 6.45) is 3.60. The number of rotatable bonds is 3. The second-order valence-corrected chi connectivity index (χ2v) is 7.27. The molecule has 94 valence electrons. The summed E-state index contributed by atoms with van der Waals surface area (Å²) >= 11 is 0. The van der Waals surface area contributed by atoms with Crippen molar-refractivity contribution in [2.75, 3.05) is 12.8 Å². The van der Waals surface area contributed by atoms with Gasteiger partial charge < -0.3 is 5.32 Å². The molecule has 0 amide bonds. The first-order valence-electron chi connectivity index (χ1n) is 5.91. The smallest absolute Gasteiger partial charge is 0.151 e. The normalized spacial score (nSPS) is 25.1. The van der Waals surface area contributed by atoms with Gasteiger partial charge in [0.2, 0.25) is 0 Å². The second-order valence-electron chi connectivity index (χ2n) is 5.13. The molecule has 1 aliphatic rings. The van der Waals surface area contributed by atoms with Crippen molar-refractivity contribution in [1.29, 1.82) is 0 Å². The molecule has 0 saturated carbocycles. The van der Waals surface area contributed by atoms with Crippen LogP contribution in [0.3, 0.4) is 0 Å². The van der Waals surface area contributed by atoms with E-state index in [2.05, 4.69) is 12.2 Å². The quantitative estimate of drug-likeness (QED) is 0.894. The van der Waals surface area contributed by atoms with Crippen LogP contribution in [0.2, 0.25) is 0 Å². The Morgan fingerprint density at radius 1 is 1.29 bits per heavy atom. The zero-order valence-electron chi connectivity index (χ0n) is 10.4. The zero-order valence-corrected chi connectivity index (χ0v) is 11.2. The predicted octanol–water partition coefficient (Wildman–Crippen LogP) is 1.83. The number of nitrogens with one attached hydrogen (secondary N) is 1. The van der Waals surface area contributed by atoms with Crippen LogP contribution in [0.4, 0.5) is 0 Å². The summed E-state index contributed by atoms with van der Waals surface area (Å²) in [7, 11) is -2.94. The van der Waals surface area contributed by atoms with Gasteiger partial charge in [0, 0.05) is 11.8 Å². The average Bonchev–Trinajstić information content (AvgIpc) is 2.65. The lowest BCUT2D eigenvalue weighted by molar-refractivity contribution is 0.434. The Bertz CT molecular complexity index is 485. The molecule has 1 unspecified atom stereocenters. The molecular formula is C13H19NO2S. The van der Waals surface area contributed by atoms with Gasteiger partial charge in [0.15, 0.2) is 9.84 Å². The third kappa shape index (κ3) is 3.07. The zero-order chi connectivity index (χ0) is 12.5. The predicted molar refractivity (Wildman–Crippen MR) is 69.6 cm³/mol. The Balaban J connectivity index is 2.18. The third-order valence-corrected chi connectivity index (χ3v) is 4.25.